The van der Waals surface area contributed by atoms with Crippen LogP contribution in [0.3, 0.4) is 0 Å². The number of carbonyl (C=O) groups is 1. The molecule has 0 fully saturated rings. The molecular formula is C24H24Cl2N2O3S. The highest BCUT2D eigenvalue weighted by atomic mass is 35.5. The van der Waals surface area contributed by atoms with Gasteiger partial charge in [-0.05, 0) is 67.3 Å². The van der Waals surface area contributed by atoms with E-state index in [1.165, 1.54) is 24.3 Å². The predicted molar refractivity (Wildman–Crippen MR) is 130 cm³/mol. The van der Waals surface area contributed by atoms with E-state index in [0.717, 1.165) is 15.4 Å². The summed E-state index contributed by atoms with van der Waals surface area (Å²) in [7, 11) is -3.97. The first kappa shape index (κ1) is 24.1. The first-order valence-corrected chi connectivity index (χ1v) is 12.3. The Morgan fingerprint density at radius 3 is 2.28 bits per heavy atom. The van der Waals surface area contributed by atoms with E-state index >= 15 is 0 Å². The molecule has 0 unspecified atom stereocenters. The van der Waals surface area contributed by atoms with Crippen LogP contribution in [0, 0.1) is 6.92 Å². The van der Waals surface area contributed by atoms with Gasteiger partial charge in [-0.25, -0.2) is 8.42 Å². The number of nitrogens with zero attached hydrogens (tertiary/aromatic N) is 1. The van der Waals surface area contributed by atoms with Crippen molar-refractivity contribution in [1.29, 1.82) is 0 Å². The van der Waals surface area contributed by atoms with Gasteiger partial charge in [-0.15, -0.1) is 0 Å². The molecule has 0 bridgehead atoms. The number of sulfonamides is 1. The van der Waals surface area contributed by atoms with Crippen molar-refractivity contribution in [2.24, 2.45) is 0 Å². The summed E-state index contributed by atoms with van der Waals surface area (Å²) in [5.74, 6) is -0.384. The van der Waals surface area contributed by atoms with Gasteiger partial charge in [0.1, 0.15) is 6.54 Å². The Hall–Kier alpha value is -2.54. The van der Waals surface area contributed by atoms with Crippen molar-refractivity contribution < 1.29 is 13.2 Å². The number of amides is 1. The van der Waals surface area contributed by atoms with Crippen LogP contribution in [-0.4, -0.2) is 27.4 Å². The van der Waals surface area contributed by atoms with Crippen LogP contribution in [0.1, 0.15) is 17.5 Å². The summed E-state index contributed by atoms with van der Waals surface area (Å²) in [5.41, 5.74) is 2.21. The summed E-state index contributed by atoms with van der Waals surface area (Å²) in [6.45, 7) is 1.88. The molecule has 5 nitrogen and oxygen atoms in total. The monoisotopic (exact) mass is 490 g/mol. The summed E-state index contributed by atoms with van der Waals surface area (Å²) >= 11 is 12.1. The second kappa shape index (κ2) is 10.9. The minimum absolute atomic E-state index is 0.0664. The van der Waals surface area contributed by atoms with Crippen molar-refractivity contribution >= 4 is 44.8 Å². The molecule has 1 amide bonds. The van der Waals surface area contributed by atoms with Gasteiger partial charge in [0.05, 0.1) is 10.6 Å². The third-order valence-electron chi connectivity index (χ3n) is 4.98. The Labute approximate surface area is 199 Å². The zero-order valence-corrected chi connectivity index (χ0v) is 19.9. The van der Waals surface area contributed by atoms with Crippen molar-refractivity contribution in [3.8, 4) is 0 Å². The van der Waals surface area contributed by atoms with Gasteiger partial charge in [-0.1, -0.05) is 59.6 Å². The minimum atomic E-state index is -3.97. The number of hydrogen-bond donors (Lipinski definition) is 1. The van der Waals surface area contributed by atoms with Crippen LogP contribution in [0.25, 0.3) is 0 Å². The lowest BCUT2D eigenvalue weighted by Gasteiger charge is -2.25. The molecule has 0 saturated heterocycles. The predicted octanol–water partition coefficient (Wildman–Crippen LogP) is 5.25. The topological polar surface area (TPSA) is 66.5 Å². The molecule has 0 aromatic heterocycles. The highest BCUT2D eigenvalue weighted by Crippen LogP contribution is 2.27. The van der Waals surface area contributed by atoms with Crippen molar-refractivity contribution in [2.75, 3.05) is 17.4 Å². The molecule has 0 saturated carbocycles. The van der Waals surface area contributed by atoms with Gasteiger partial charge in [0, 0.05) is 16.6 Å². The second-order valence-corrected chi connectivity index (χ2v) is 10.0. The highest BCUT2D eigenvalue weighted by Gasteiger charge is 2.28. The Balaban J connectivity index is 1.73. The Morgan fingerprint density at radius 1 is 0.938 bits per heavy atom. The molecule has 0 aliphatic heterocycles. The second-order valence-electron chi connectivity index (χ2n) is 7.30. The summed E-state index contributed by atoms with van der Waals surface area (Å²) < 4.78 is 27.9. The Kier molecular flexibility index (Phi) is 8.18. The van der Waals surface area contributed by atoms with Gasteiger partial charge >= 0.3 is 0 Å². The molecule has 0 aliphatic rings. The lowest BCUT2D eigenvalue weighted by atomic mass is 10.1. The number of hydrogen-bond acceptors (Lipinski definition) is 3. The first-order valence-electron chi connectivity index (χ1n) is 10.1. The fourth-order valence-electron chi connectivity index (χ4n) is 3.27. The van der Waals surface area contributed by atoms with E-state index in [9.17, 15) is 13.2 Å². The van der Waals surface area contributed by atoms with E-state index in [1.807, 2.05) is 30.3 Å². The first-order chi connectivity index (χ1) is 15.3. The molecule has 168 valence electrons. The average Bonchev–Trinajstić information content (AvgIpc) is 2.77. The molecule has 0 aliphatic carbocycles. The minimum Gasteiger partial charge on any atom is -0.355 e. The van der Waals surface area contributed by atoms with Gasteiger partial charge in [0.25, 0.3) is 10.0 Å². The zero-order chi connectivity index (χ0) is 23.1. The molecule has 3 aromatic carbocycles. The standard InChI is InChI=1S/C24H24Cl2N2O3S/c1-18-7-2-5-11-23(18)28(32(30,31)21-14-12-20(25)13-15-21)17-24(29)27-16-6-9-19-8-3-4-10-22(19)26/h2-5,7-8,10-15H,6,9,16-17H2,1H3,(H,27,29). The van der Waals surface area contributed by atoms with Crippen LogP contribution in [0.2, 0.25) is 10.0 Å². The quantitative estimate of drug-likeness (QED) is 0.416. The summed E-state index contributed by atoms with van der Waals surface area (Å²) in [5, 5.41) is 3.94. The van der Waals surface area contributed by atoms with E-state index in [2.05, 4.69) is 5.32 Å². The molecule has 3 aromatic rings. The Morgan fingerprint density at radius 2 is 1.59 bits per heavy atom. The van der Waals surface area contributed by atoms with Crippen LogP contribution in [0.5, 0.6) is 0 Å². The number of benzene rings is 3. The maximum Gasteiger partial charge on any atom is 0.264 e. The van der Waals surface area contributed by atoms with Crippen LogP contribution in [-0.2, 0) is 21.2 Å². The molecule has 8 heteroatoms. The smallest absolute Gasteiger partial charge is 0.264 e. The number of aryl methyl sites for hydroxylation is 2. The van der Waals surface area contributed by atoms with Gasteiger partial charge in [-0.2, -0.15) is 0 Å². The highest BCUT2D eigenvalue weighted by molar-refractivity contribution is 7.92. The fraction of sp³-hybridized carbons (Fsp3) is 0.208. The SMILES string of the molecule is Cc1ccccc1N(CC(=O)NCCCc1ccccc1Cl)S(=O)(=O)c1ccc(Cl)cc1. The zero-order valence-electron chi connectivity index (χ0n) is 17.6. The van der Waals surface area contributed by atoms with E-state index in [0.29, 0.717) is 35.1 Å². The number of carbonyl (C=O) groups excluding carboxylic acids is 1. The van der Waals surface area contributed by atoms with E-state index in [-0.39, 0.29) is 17.3 Å². The third-order valence-corrected chi connectivity index (χ3v) is 7.37. The largest absolute Gasteiger partial charge is 0.355 e. The van der Waals surface area contributed by atoms with Gasteiger partial charge < -0.3 is 5.32 Å². The van der Waals surface area contributed by atoms with Crippen molar-refractivity contribution in [3.63, 3.8) is 0 Å². The average molecular weight is 491 g/mol. The molecule has 3 rings (SSSR count). The Bertz CT molecular complexity index is 1180. The number of anilines is 1. The van der Waals surface area contributed by atoms with Crippen LogP contribution in [0.15, 0.2) is 77.7 Å². The molecular weight excluding hydrogens is 467 g/mol. The van der Waals surface area contributed by atoms with E-state index in [4.69, 9.17) is 23.2 Å². The fourth-order valence-corrected chi connectivity index (χ4v) is 5.11. The summed E-state index contributed by atoms with van der Waals surface area (Å²) in [4.78, 5) is 12.8. The molecule has 0 spiro atoms. The van der Waals surface area contributed by atoms with Crippen molar-refractivity contribution in [3.05, 3.63) is 94.0 Å². The van der Waals surface area contributed by atoms with Crippen LogP contribution in [0.4, 0.5) is 5.69 Å². The normalized spacial score (nSPS) is 11.2. The van der Waals surface area contributed by atoms with Crippen LogP contribution < -0.4 is 9.62 Å². The molecule has 0 radical (unpaired) electrons. The molecule has 32 heavy (non-hydrogen) atoms. The maximum absolute atomic E-state index is 13.4. The summed E-state index contributed by atoms with van der Waals surface area (Å²) in [6.07, 6.45) is 1.40. The number of halogens is 2. The van der Waals surface area contributed by atoms with E-state index in [1.54, 1.807) is 25.1 Å². The van der Waals surface area contributed by atoms with E-state index < -0.39 is 10.0 Å². The lowest BCUT2D eigenvalue weighted by Crippen LogP contribution is -2.41. The number of nitrogens with one attached hydrogen (secondary N) is 1. The number of rotatable bonds is 9. The maximum atomic E-state index is 13.4. The molecule has 0 heterocycles. The number of para-hydroxylation sites is 1. The van der Waals surface area contributed by atoms with Crippen molar-refractivity contribution in [2.45, 2.75) is 24.7 Å². The van der Waals surface area contributed by atoms with Gasteiger partial charge in [0.15, 0.2) is 0 Å². The third kappa shape index (κ3) is 6.03. The van der Waals surface area contributed by atoms with Crippen molar-refractivity contribution in [1.82, 2.24) is 5.32 Å². The molecule has 0 atom stereocenters. The van der Waals surface area contributed by atoms with Gasteiger partial charge in [0.2, 0.25) is 5.91 Å². The molecule has 1 N–H and O–H groups in total. The van der Waals surface area contributed by atoms with Gasteiger partial charge in [-0.3, -0.25) is 9.10 Å². The lowest BCUT2D eigenvalue weighted by molar-refractivity contribution is -0.119. The van der Waals surface area contributed by atoms with Crippen LogP contribution >= 0.6 is 23.2 Å². The summed E-state index contributed by atoms with van der Waals surface area (Å²) in [6, 6.07) is 20.5.